The normalized spacial score (nSPS) is 11.2. The molecule has 0 unspecified atom stereocenters. The lowest BCUT2D eigenvalue weighted by Gasteiger charge is -2.12. The van der Waals surface area contributed by atoms with Gasteiger partial charge in [-0.05, 0) is 60.5 Å². The van der Waals surface area contributed by atoms with Gasteiger partial charge >= 0.3 is 0 Å². The minimum absolute atomic E-state index is 0.434. The number of fused-ring (bicyclic) bond motifs is 2. The fourth-order valence-corrected chi connectivity index (χ4v) is 3.94. The maximum Gasteiger partial charge on any atom is 0.147 e. The smallest absolute Gasteiger partial charge is 0.147 e. The lowest BCUT2D eigenvalue weighted by molar-refractivity contribution is 0.280. The molecule has 4 aromatic carbocycles. The number of imidazole rings is 1. The minimum atomic E-state index is 0.434. The Bertz CT molecular complexity index is 1340. The Balaban J connectivity index is 1.26. The number of nitrogens with zero attached hydrogens (tertiary/aromatic N) is 2. The molecule has 0 saturated carbocycles. The van der Waals surface area contributed by atoms with Crippen LogP contribution in [-0.4, -0.2) is 16.2 Å². The van der Waals surface area contributed by atoms with E-state index in [2.05, 4.69) is 72.2 Å². The number of hydrogen-bond acceptors (Lipinski definition) is 3. The molecule has 0 fully saturated rings. The summed E-state index contributed by atoms with van der Waals surface area (Å²) < 4.78 is 14.3. The first-order valence-corrected chi connectivity index (χ1v) is 11.0. The van der Waals surface area contributed by atoms with Gasteiger partial charge in [0.2, 0.25) is 0 Å². The molecule has 0 bridgehead atoms. The molecule has 0 spiro atoms. The van der Waals surface area contributed by atoms with Gasteiger partial charge in [-0.2, -0.15) is 0 Å². The summed E-state index contributed by atoms with van der Waals surface area (Å²) in [7, 11) is 0. The van der Waals surface area contributed by atoms with Crippen LogP contribution in [0.25, 0.3) is 21.8 Å². The maximum atomic E-state index is 6.04. The Morgan fingerprint density at radius 2 is 1.50 bits per heavy atom. The fraction of sp³-hybridized carbons (Fsp3) is 0.179. The summed E-state index contributed by atoms with van der Waals surface area (Å²) in [4.78, 5) is 4.81. The Morgan fingerprint density at radius 1 is 0.750 bits per heavy atom. The lowest BCUT2D eigenvalue weighted by atomic mass is 10.1. The zero-order valence-electron chi connectivity index (χ0n) is 18.2. The number of aryl methyl sites for hydroxylation is 2. The van der Waals surface area contributed by atoms with Crippen molar-refractivity contribution >= 4 is 21.8 Å². The van der Waals surface area contributed by atoms with Gasteiger partial charge in [0.15, 0.2) is 0 Å². The van der Waals surface area contributed by atoms with Gasteiger partial charge in [0, 0.05) is 6.54 Å². The van der Waals surface area contributed by atoms with Crippen LogP contribution < -0.4 is 9.47 Å². The van der Waals surface area contributed by atoms with E-state index in [1.165, 1.54) is 16.3 Å². The molecule has 0 atom stereocenters. The van der Waals surface area contributed by atoms with Gasteiger partial charge in [-0.15, -0.1) is 0 Å². The molecular formula is C28H26N2O2. The molecule has 0 radical (unpaired) electrons. The average molecular weight is 423 g/mol. The monoisotopic (exact) mass is 422 g/mol. The summed E-state index contributed by atoms with van der Waals surface area (Å²) in [6.07, 6.45) is 0.880. The van der Waals surface area contributed by atoms with Crippen molar-refractivity contribution in [3.63, 3.8) is 0 Å². The fourth-order valence-electron chi connectivity index (χ4n) is 3.94. The van der Waals surface area contributed by atoms with Crippen LogP contribution >= 0.6 is 0 Å². The second-order valence-electron chi connectivity index (χ2n) is 7.98. The topological polar surface area (TPSA) is 36.3 Å². The zero-order valence-corrected chi connectivity index (χ0v) is 18.2. The number of ether oxygens (including phenoxy) is 2. The van der Waals surface area contributed by atoms with Crippen LogP contribution in [0.4, 0.5) is 0 Å². The molecule has 0 N–H and O–H groups in total. The maximum absolute atomic E-state index is 6.04. The third-order valence-corrected chi connectivity index (χ3v) is 5.64. The molecule has 0 saturated heterocycles. The summed E-state index contributed by atoms with van der Waals surface area (Å²) in [5.74, 6) is 2.69. The molecule has 4 nitrogen and oxygen atoms in total. The van der Waals surface area contributed by atoms with Crippen LogP contribution in [0, 0.1) is 6.92 Å². The van der Waals surface area contributed by atoms with E-state index in [0.717, 1.165) is 41.3 Å². The van der Waals surface area contributed by atoms with Crippen LogP contribution in [0.5, 0.6) is 11.5 Å². The number of rotatable bonds is 8. The first-order valence-electron chi connectivity index (χ1n) is 11.0. The Hall–Kier alpha value is -3.79. The molecule has 32 heavy (non-hydrogen) atoms. The Kier molecular flexibility index (Phi) is 5.75. The van der Waals surface area contributed by atoms with Crippen molar-refractivity contribution in [1.82, 2.24) is 9.55 Å². The zero-order chi connectivity index (χ0) is 21.8. The van der Waals surface area contributed by atoms with E-state index in [1.54, 1.807) is 0 Å². The Morgan fingerprint density at radius 3 is 2.38 bits per heavy atom. The second kappa shape index (κ2) is 9.15. The average Bonchev–Trinajstić information content (AvgIpc) is 3.19. The number of para-hydroxylation sites is 2. The quantitative estimate of drug-likeness (QED) is 0.266. The predicted octanol–water partition coefficient (Wildman–Crippen LogP) is 6.55. The van der Waals surface area contributed by atoms with E-state index >= 15 is 0 Å². The molecule has 0 aliphatic rings. The van der Waals surface area contributed by atoms with Crippen molar-refractivity contribution in [2.75, 3.05) is 6.61 Å². The summed E-state index contributed by atoms with van der Waals surface area (Å²) in [5, 5.41) is 2.42. The summed E-state index contributed by atoms with van der Waals surface area (Å²) in [5.41, 5.74) is 3.34. The van der Waals surface area contributed by atoms with E-state index in [-0.39, 0.29) is 0 Å². The molecule has 5 aromatic rings. The molecule has 0 amide bonds. The molecule has 4 heteroatoms. The van der Waals surface area contributed by atoms with E-state index in [1.807, 2.05) is 30.3 Å². The summed E-state index contributed by atoms with van der Waals surface area (Å²) >= 11 is 0. The number of hydrogen-bond donors (Lipinski definition) is 0. The highest BCUT2D eigenvalue weighted by Gasteiger charge is 2.11. The SMILES string of the molecule is Cc1ccc(OCc2nc3ccccc3n2CCCOc2ccc3ccccc3c2)cc1. The van der Waals surface area contributed by atoms with Gasteiger partial charge in [0.1, 0.15) is 23.9 Å². The molecule has 160 valence electrons. The third kappa shape index (κ3) is 4.45. The van der Waals surface area contributed by atoms with Gasteiger partial charge in [0.25, 0.3) is 0 Å². The first kappa shape index (κ1) is 20.1. The Labute approximate surface area is 188 Å². The standard InChI is InChI=1S/C28H26N2O2/c1-21-11-14-24(15-12-21)32-20-28-29-26-9-4-5-10-27(26)30(28)17-6-18-31-25-16-13-22-7-2-3-8-23(22)19-25/h2-5,7-16,19H,6,17-18,20H2,1H3. The molecule has 1 aromatic heterocycles. The summed E-state index contributed by atoms with van der Waals surface area (Å²) in [6.45, 7) is 3.97. The van der Waals surface area contributed by atoms with Crippen LogP contribution in [0.1, 0.15) is 17.8 Å². The lowest BCUT2D eigenvalue weighted by Crippen LogP contribution is -2.10. The van der Waals surface area contributed by atoms with Crippen LogP contribution in [-0.2, 0) is 13.2 Å². The van der Waals surface area contributed by atoms with Crippen molar-refractivity contribution in [3.05, 3.63) is 102 Å². The van der Waals surface area contributed by atoms with E-state index in [9.17, 15) is 0 Å². The number of aromatic nitrogens is 2. The van der Waals surface area contributed by atoms with Crippen molar-refractivity contribution in [2.24, 2.45) is 0 Å². The predicted molar refractivity (Wildman–Crippen MR) is 129 cm³/mol. The minimum Gasteiger partial charge on any atom is -0.494 e. The largest absolute Gasteiger partial charge is 0.494 e. The van der Waals surface area contributed by atoms with Crippen molar-refractivity contribution < 1.29 is 9.47 Å². The first-order chi connectivity index (χ1) is 15.8. The van der Waals surface area contributed by atoms with Crippen LogP contribution in [0.3, 0.4) is 0 Å². The van der Waals surface area contributed by atoms with E-state index < -0.39 is 0 Å². The highest BCUT2D eigenvalue weighted by atomic mass is 16.5. The van der Waals surface area contributed by atoms with Crippen molar-refractivity contribution in [2.45, 2.75) is 26.5 Å². The molecule has 1 heterocycles. The van der Waals surface area contributed by atoms with E-state index in [4.69, 9.17) is 14.5 Å². The van der Waals surface area contributed by atoms with Crippen LogP contribution in [0.2, 0.25) is 0 Å². The molecule has 5 rings (SSSR count). The van der Waals surface area contributed by atoms with Gasteiger partial charge < -0.3 is 14.0 Å². The van der Waals surface area contributed by atoms with Crippen molar-refractivity contribution in [3.8, 4) is 11.5 Å². The van der Waals surface area contributed by atoms with Gasteiger partial charge in [-0.1, -0.05) is 60.2 Å². The van der Waals surface area contributed by atoms with Crippen molar-refractivity contribution in [1.29, 1.82) is 0 Å². The molecule has 0 aliphatic heterocycles. The third-order valence-electron chi connectivity index (χ3n) is 5.64. The van der Waals surface area contributed by atoms with Gasteiger partial charge in [-0.25, -0.2) is 4.98 Å². The van der Waals surface area contributed by atoms with Gasteiger partial charge in [-0.3, -0.25) is 0 Å². The van der Waals surface area contributed by atoms with Crippen LogP contribution in [0.15, 0.2) is 91.0 Å². The highest BCUT2D eigenvalue weighted by molar-refractivity contribution is 5.83. The second-order valence-corrected chi connectivity index (χ2v) is 7.98. The number of benzene rings is 4. The highest BCUT2D eigenvalue weighted by Crippen LogP contribution is 2.22. The summed E-state index contributed by atoms with van der Waals surface area (Å²) in [6, 6.07) is 30.9. The van der Waals surface area contributed by atoms with E-state index in [0.29, 0.717) is 13.2 Å². The molecular weight excluding hydrogens is 396 g/mol. The molecule has 0 aliphatic carbocycles. The van der Waals surface area contributed by atoms with Gasteiger partial charge in [0.05, 0.1) is 17.6 Å².